The van der Waals surface area contributed by atoms with Crippen molar-refractivity contribution < 1.29 is 14.7 Å². The van der Waals surface area contributed by atoms with Crippen molar-refractivity contribution in [1.29, 1.82) is 0 Å². The van der Waals surface area contributed by atoms with Gasteiger partial charge in [-0.05, 0) is 32.4 Å². The maximum Gasteiger partial charge on any atom is 0.303 e. The lowest BCUT2D eigenvalue weighted by atomic mass is 9.98. The number of nitrogens with zero attached hydrogens (tertiary/aromatic N) is 1. The molecule has 0 saturated heterocycles. The monoisotopic (exact) mass is 338 g/mol. The number of aromatic nitrogens is 1. The van der Waals surface area contributed by atoms with E-state index >= 15 is 0 Å². The molecule has 2 rings (SSSR count). The molecule has 0 unspecified atom stereocenters. The molecular weight excluding hydrogens is 320 g/mol. The zero-order valence-electron chi connectivity index (χ0n) is 12.5. The fraction of sp³-hybridized carbons (Fsp3) is 0.400. The Bertz CT molecular complexity index is 649. The van der Waals surface area contributed by atoms with Gasteiger partial charge in [-0.2, -0.15) is 0 Å². The van der Waals surface area contributed by atoms with Crippen LogP contribution in [-0.4, -0.2) is 33.3 Å². The Labute approximate surface area is 137 Å². The summed E-state index contributed by atoms with van der Waals surface area (Å²) in [6.45, 7) is 3.66. The lowest BCUT2D eigenvalue weighted by Gasteiger charge is -2.25. The molecule has 1 amide bonds. The molecule has 0 aliphatic heterocycles. The van der Waals surface area contributed by atoms with Crippen LogP contribution in [0.2, 0.25) is 0 Å². The van der Waals surface area contributed by atoms with Crippen molar-refractivity contribution >= 4 is 45.2 Å². The van der Waals surface area contributed by atoms with Crippen molar-refractivity contribution in [1.82, 2.24) is 10.3 Å². The summed E-state index contributed by atoms with van der Waals surface area (Å²) in [4.78, 5) is 27.1. The number of carboxylic acids is 1. The fourth-order valence-electron chi connectivity index (χ4n) is 1.94. The molecule has 7 heteroatoms. The number of fused-ring (bicyclic) bond motifs is 1. The van der Waals surface area contributed by atoms with Crippen molar-refractivity contribution in [3.63, 3.8) is 0 Å². The number of carbonyl (C=O) groups is 2. The van der Waals surface area contributed by atoms with Gasteiger partial charge in [0.1, 0.15) is 0 Å². The second kappa shape index (κ2) is 7.11. The number of thioether (sulfide) groups is 1. The van der Waals surface area contributed by atoms with Crippen LogP contribution in [-0.2, 0) is 9.59 Å². The summed E-state index contributed by atoms with van der Waals surface area (Å²) in [6, 6.07) is 7.86. The molecule has 0 fully saturated rings. The van der Waals surface area contributed by atoms with Crippen molar-refractivity contribution in [2.45, 2.75) is 36.6 Å². The van der Waals surface area contributed by atoms with Crippen LogP contribution in [0.3, 0.4) is 0 Å². The molecule has 1 aromatic carbocycles. The molecular formula is C15H18N2O3S2. The van der Waals surface area contributed by atoms with E-state index in [9.17, 15) is 9.59 Å². The van der Waals surface area contributed by atoms with E-state index in [1.54, 1.807) is 11.3 Å². The molecule has 0 bridgehead atoms. The number of para-hydroxylation sites is 1. The van der Waals surface area contributed by atoms with Crippen molar-refractivity contribution in [2.24, 2.45) is 0 Å². The van der Waals surface area contributed by atoms with Gasteiger partial charge in [0.05, 0.1) is 16.0 Å². The van der Waals surface area contributed by atoms with Crippen molar-refractivity contribution in [3.05, 3.63) is 24.3 Å². The number of amides is 1. The number of nitrogens with one attached hydrogen (secondary N) is 1. The molecule has 5 nitrogen and oxygen atoms in total. The van der Waals surface area contributed by atoms with Gasteiger partial charge in [0, 0.05) is 12.0 Å². The van der Waals surface area contributed by atoms with Crippen LogP contribution in [0.4, 0.5) is 0 Å². The molecule has 0 saturated carbocycles. The van der Waals surface area contributed by atoms with E-state index in [1.807, 2.05) is 38.1 Å². The number of aliphatic carboxylic acids is 1. The van der Waals surface area contributed by atoms with Gasteiger partial charge in [0.25, 0.3) is 0 Å². The summed E-state index contributed by atoms with van der Waals surface area (Å²) < 4.78 is 1.96. The number of carboxylic acid groups (broad SMARTS) is 1. The maximum atomic E-state index is 12.0. The van der Waals surface area contributed by atoms with Crippen LogP contribution in [0.1, 0.15) is 26.7 Å². The molecule has 2 N–H and O–H groups in total. The van der Waals surface area contributed by atoms with Crippen molar-refractivity contribution in [2.75, 3.05) is 5.75 Å². The first-order valence-corrected chi connectivity index (χ1v) is 8.67. The molecule has 0 aliphatic carbocycles. The summed E-state index contributed by atoms with van der Waals surface area (Å²) in [7, 11) is 0. The van der Waals surface area contributed by atoms with Gasteiger partial charge in [0.2, 0.25) is 5.91 Å². The highest BCUT2D eigenvalue weighted by molar-refractivity contribution is 8.01. The second-order valence-electron chi connectivity index (χ2n) is 5.56. The van der Waals surface area contributed by atoms with Crippen molar-refractivity contribution in [3.8, 4) is 0 Å². The largest absolute Gasteiger partial charge is 0.481 e. The van der Waals surface area contributed by atoms with Gasteiger partial charge >= 0.3 is 5.97 Å². The summed E-state index contributed by atoms with van der Waals surface area (Å²) in [5, 5.41) is 11.6. The number of benzene rings is 1. The number of hydrogen-bond donors (Lipinski definition) is 2. The highest BCUT2D eigenvalue weighted by atomic mass is 32.2. The Morgan fingerprint density at radius 3 is 2.77 bits per heavy atom. The first kappa shape index (κ1) is 16.8. The normalized spacial score (nSPS) is 11.5. The number of hydrogen-bond acceptors (Lipinski definition) is 5. The maximum absolute atomic E-state index is 12.0. The fourth-order valence-corrected chi connectivity index (χ4v) is 3.80. The van der Waals surface area contributed by atoms with E-state index in [-0.39, 0.29) is 18.1 Å². The van der Waals surface area contributed by atoms with Crippen LogP contribution in [0.25, 0.3) is 10.2 Å². The van der Waals surface area contributed by atoms with E-state index < -0.39 is 11.5 Å². The molecule has 118 valence electrons. The van der Waals surface area contributed by atoms with Gasteiger partial charge < -0.3 is 10.4 Å². The topological polar surface area (TPSA) is 79.3 Å². The minimum Gasteiger partial charge on any atom is -0.481 e. The molecule has 1 heterocycles. The number of rotatable bonds is 7. The Morgan fingerprint density at radius 1 is 1.36 bits per heavy atom. The lowest BCUT2D eigenvalue weighted by molar-refractivity contribution is -0.137. The standard InChI is InChI=1S/C15H18N2O3S2/c1-15(2,8-7-13(19)20)17-12(18)9-21-14-16-10-5-3-4-6-11(10)22-14/h3-6H,7-9H2,1-2H3,(H,17,18)(H,19,20). The molecule has 0 aliphatic rings. The predicted molar refractivity (Wildman–Crippen MR) is 89.4 cm³/mol. The summed E-state index contributed by atoms with van der Waals surface area (Å²) in [5.41, 5.74) is 0.418. The highest BCUT2D eigenvalue weighted by Gasteiger charge is 2.21. The van der Waals surface area contributed by atoms with E-state index in [2.05, 4.69) is 10.3 Å². The predicted octanol–water partition coefficient (Wildman–Crippen LogP) is 3.15. The summed E-state index contributed by atoms with van der Waals surface area (Å²) in [6.07, 6.45) is 0.443. The number of thiazole rings is 1. The van der Waals surface area contributed by atoms with Gasteiger partial charge in [0.15, 0.2) is 4.34 Å². The van der Waals surface area contributed by atoms with Crippen LogP contribution in [0.5, 0.6) is 0 Å². The highest BCUT2D eigenvalue weighted by Crippen LogP contribution is 2.29. The summed E-state index contributed by atoms with van der Waals surface area (Å²) >= 11 is 2.96. The second-order valence-corrected chi connectivity index (χ2v) is 7.82. The Kier molecular flexibility index (Phi) is 5.42. The van der Waals surface area contributed by atoms with Crippen LogP contribution in [0.15, 0.2) is 28.6 Å². The van der Waals surface area contributed by atoms with E-state index in [0.29, 0.717) is 6.42 Å². The third kappa shape index (κ3) is 4.99. The van der Waals surface area contributed by atoms with Crippen LogP contribution < -0.4 is 5.32 Å². The SMILES string of the molecule is CC(C)(CCC(=O)O)NC(=O)CSc1nc2ccccc2s1. The van der Waals surface area contributed by atoms with Gasteiger partial charge in [-0.15, -0.1) is 11.3 Å². The first-order chi connectivity index (χ1) is 10.4. The Hall–Kier alpha value is -1.60. The van der Waals surface area contributed by atoms with E-state index in [4.69, 9.17) is 5.11 Å². The van der Waals surface area contributed by atoms with Gasteiger partial charge in [-0.3, -0.25) is 9.59 Å². The average Bonchev–Trinajstić information content (AvgIpc) is 2.85. The smallest absolute Gasteiger partial charge is 0.303 e. The van der Waals surface area contributed by atoms with Crippen LogP contribution >= 0.6 is 23.1 Å². The number of carbonyl (C=O) groups excluding carboxylic acids is 1. The molecule has 22 heavy (non-hydrogen) atoms. The third-order valence-corrected chi connectivity index (χ3v) is 5.22. The zero-order chi connectivity index (χ0) is 16.2. The molecule has 0 spiro atoms. The molecule has 2 aromatic rings. The molecule has 0 radical (unpaired) electrons. The minimum atomic E-state index is -0.855. The molecule has 0 atom stereocenters. The van der Waals surface area contributed by atoms with Gasteiger partial charge in [-0.25, -0.2) is 4.98 Å². The Balaban J connectivity index is 1.85. The molecule has 1 aromatic heterocycles. The van der Waals surface area contributed by atoms with E-state index in [0.717, 1.165) is 14.6 Å². The van der Waals surface area contributed by atoms with Gasteiger partial charge in [-0.1, -0.05) is 23.9 Å². The van der Waals surface area contributed by atoms with E-state index in [1.165, 1.54) is 11.8 Å². The quantitative estimate of drug-likeness (QED) is 0.758. The Morgan fingerprint density at radius 2 is 2.09 bits per heavy atom. The minimum absolute atomic E-state index is 0.0400. The summed E-state index contributed by atoms with van der Waals surface area (Å²) in [5.74, 6) is -0.693. The third-order valence-electron chi connectivity index (χ3n) is 3.04. The zero-order valence-corrected chi connectivity index (χ0v) is 14.1. The lowest BCUT2D eigenvalue weighted by Crippen LogP contribution is -2.44. The average molecular weight is 338 g/mol. The first-order valence-electron chi connectivity index (χ1n) is 6.87. The van der Waals surface area contributed by atoms with Crippen LogP contribution in [0, 0.1) is 0 Å².